The molecule has 2 rings (SSSR count). The van der Waals surface area contributed by atoms with Crippen molar-refractivity contribution in [3.63, 3.8) is 0 Å². The van der Waals surface area contributed by atoms with Gasteiger partial charge in [-0.1, -0.05) is 13.8 Å². The van der Waals surface area contributed by atoms with Crippen molar-refractivity contribution < 1.29 is 4.74 Å². The maximum Gasteiger partial charge on any atom is 0.0650 e. The van der Waals surface area contributed by atoms with E-state index in [1.807, 2.05) is 13.8 Å². The summed E-state index contributed by atoms with van der Waals surface area (Å²) in [4.78, 5) is 5.01. The van der Waals surface area contributed by atoms with E-state index in [0.29, 0.717) is 5.54 Å². The minimum absolute atomic E-state index is 0.399. The van der Waals surface area contributed by atoms with Crippen LogP contribution in [0.2, 0.25) is 0 Å². The van der Waals surface area contributed by atoms with Gasteiger partial charge in [-0.25, -0.2) is 0 Å². The van der Waals surface area contributed by atoms with Gasteiger partial charge in [-0.3, -0.25) is 4.90 Å². The first-order valence-electron chi connectivity index (χ1n) is 7.64. The van der Waals surface area contributed by atoms with Gasteiger partial charge >= 0.3 is 0 Å². The average molecular weight is 256 g/mol. The maximum atomic E-state index is 5.72. The van der Waals surface area contributed by atoms with Gasteiger partial charge in [-0.15, -0.1) is 0 Å². The summed E-state index contributed by atoms with van der Waals surface area (Å²) in [6, 6.07) is 0. The monoisotopic (exact) mass is 256 g/mol. The molecule has 0 aromatic carbocycles. The van der Waals surface area contributed by atoms with Gasteiger partial charge in [0, 0.05) is 25.2 Å². The first-order chi connectivity index (χ1) is 8.66. The Morgan fingerprint density at radius 1 is 1.33 bits per heavy atom. The molecule has 2 heterocycles. The molecule has 0 saturated carbocycles. The van der Waals surface area contributed by atoms with Gasteiger partial charge in [-0.2, -0.15) is 0 Å². The normalized spacial score (nSPS) is 31.3. The second kappa shape index (κ2) is 7.46. The number of hydrogen-bond acceptors (Lipinski definition) is 3. The van der Waals surface area contributed by atoms with Crippen molar-refractivity contribution in [3.05, 3.63) is 0 Å². The van der Waals surface area contributed by atoms with Crippen molar-refractivity contribution >= 4 is 0 Å². The maximum absolute atomic E-state index is 5.72. The molecule has 0 N–H and O–H groups in total. The third-order valence-electron chi connectivity index (χ3n) is 4.09. The highest BCUT2D eigenvalue weighted by Gasteiger charge is 2.48. The molecule has 3 heteroatoms. The van der Waals surface area contributed by atoms with Crippen LogP contribution >= 0.6 is 0 Å². The zero-order valence-corrected chi connectivity index (χ0v) is 13.0. The van der Waals surface area contributed by atoms with Gasteiger partial charge in [0.05, 0.1) is 6.61 Å². The Labute approximate surface area is 113 Å². The van der Waals surface area contributed by atoms with Gasteiger partial charge in [-0.05, 0) is 52.7 Å². The van der Waals surface area contributed by atoms with Crippen LogP contribution in [0.25, 0.3) is 0 Å². The zero-order chi connectivity index (χ0) is 13.6. The summed E-state index contributed by atoms with van der Waals surface area (Å²) in [6.45, 7) is 11.7. The van der Waals surface area contributed by atoms with E-state index in [1.165, 1.54) is 38.9 Å². The van der Waals surface area contributed by atoms with Crippen LogP contribution in [0.3, 0.4) is 0 Å². The highest BCUT2D eigenvalue weighted by molar-refractivity contribution is 5.03. The van der Waals surface area contributed by atoms with Crippen LogP contribution in [0.15, 0.2) is 0 Å². The highest BCUT2D eigenvalue weighted by Crippen LogP contribution is 2.41. The van der Waals surface area contributed by atoms with E-state index in [2.05, 4.69) is 30.8 Å². The Balaban J connectivity index is 0.000000771. The minimum Gasteiger partial charge on any atom is -0.380 e. The van der Waals surface area contributed by atoms with Gasteiger partial charge in [0.25, 0.3) is 0 Å². The number of hydrogen-bond donors (Lipinski definition) is 0. The van der Waals surface area contributed by atoms with E-state index in [1.54, 1.807) is 0 Å². The Morgan fingerprint density at radius 2 is 2.06 bits per heavy atom. The topological polar surface area (TPSA) is 15.7 Å². The smallest absolute Gasteiger partial charge is 0.0650 e. The summed E-state index contributed by atoms with van der Waals surface area (Å²) in [5.41, 5.74) is 0.399. The van der Waals surface area contributed by atoms with Crippen LogP contribution in [-0.4, -0.2) is 62.3 Å². The van der Waals surface area contributed by atoms with Crippen LogP contribution in [0.1, 0.15) is 40.0 Å². The summed E-state index contributed by atoms with van der Waals surface area (Å²) >= 11 is 0. The van der Waals surface area contributed by atoms with Crippen LogP contribution < -0.4 is 0 Å². The summed E-state index contributed by atoms with van der Waals surface area (Å²) in [5.74, 6) is 0.843. The molecule has 0 aliphatic carbocycles. The lowest BCUT2D eigenvalue weighted by molar-refractivity contribution is 0.0414. The number of nitrogens with zero attached hydrogens (tertiary/aromatic N) is 2. The minimum atomic E-state index is 0.399. The summed E-state index contributed by atoms with van der Waals surface area (Å²) in [7, 11) is 4.36. The van der Waals surface area contributed by atoms with Crippen molar-refractivity contribution in [2.24, 2.45) is 5.92 Å². The fourth-order valence-electron chi connectivity index (χ4n) is 3.58. The molecule has 0 amide bonds. The molecule has 0 radical (unpaired) electrons. The summed E-state index contributed by atoms with van der Waals surface area (Å²) in [6.07, 6.45) is 4.05. The van der Waals surface area contributed by atoms with Crippen molar-refractivity contribution in [1.29, 1.82) is 0 Å². The molecule has 2 saturated heterocycles. The lowest BCUT2D eigenvalue weighted by Crippen LogP contribution is -2.42. The average Bonchev–Trinajstić information content (AvgIpc) is 2.85. The molecule has 0 spiro atoms. The predicted molar refractivity (Wildman–Crippen MR) is 78.0 cm³/mol. The van der Waals surface area contributed by atoms with Crippen LogP contribution in [0.5, 0.6) is 0 Å². The molecule has 0 aromatic rings. The van der Waals surface area contributed by atoms with Crippen LogP contribution in [0.4, 0.5) is 0 Å². The van der Waals surface area contributed by atoms with Gasteiger partial charge < -0.3 is 9.64 Å². The Hall–Kier alpha value is -0.120. The second-order valence-electron chi connectivity index (χ2n) is 5.74. The fraction of sp³-hybridized carbons (Fsp3) is 1.00. The van der Waals surface area contributed by atoms with Gasteiger partial charge in [0.2, 0.25) is 0 Å². The first kappa shape index (κ1) is 15.9. The third kappa shape index (κ3) is 3.69. The SMILES string of the molecule is CC.CCOC[C@@]12CCCN1CC(CN(C)C)C2. The molecule has 108 valence electrons. The first-order valence-corrected chi connectivity index (χ1v) is 7.64. The molecular weight excluding hydrogens is 224 g/mol. The molecule has 0 aromatic heterocycles. The van der Waals surface area contributed by atoms with E-state index in [4.69, 9.17) is 4.74 Å². The van der Waals surface area contributed by atoms with Crippen molar-refractivity contribution in [1.82, 2.24) is 9.80 Å². The fourth-order valence-corrected chi connectivity index (χ4v) is 3.58. The van der Waals surface area contributed by atoms with Crippen molar-refractivity contribution in [2.45, 2.75) is 45.6 Å². The predicted octanol–water partition coefficient (Wildman–Crippen LogP) is 2.47. The molecule has 0 bridgehead atoms. The lowest BCUT2D eigenvalue weighted by atomic mass is 9.90. The third-order valence-corrected chi connectivity index (χ3v) is 4.09. The molecule has 2 aliphatic heterocycles. The zero-order valence-electron chi connectivity index (χ0n) is 13.0. The molecule has 2 aliphatic rings. The van der Waals surface area contributed by atoms with Crippen LogP contribution in [-0.2, 0) is 4.74 Å². The largest absolute Gasteiger partial charge is 0.380 e. The van der Waals surface area contributed by atoms with E-state index in [0.717, 1.165) is 19.1 Å². The molecule has 18 heavy (non-hydrogen) atoms. The lowest BCUT2D eigenvalue weighted by Gasteiger charge is -2.31. The Bertz CT molecular complexity index is 233. The molecular formula is C15H32N2O. The van der Waals surface area contributed by atoms with Crippen molar-refractivity contribution in [3.8, 4) is 0 Å². The molecule has 1 unspecified atom stereocenters. The van der Waals surface area contributed by atoms with Crippen molar-refractivity contribution in [2.75, 3.05) is 46.9 Å². The second-order valence-corrected chi connectivity index (χ2v) is 5.74. The van der Waals surface area contributed by atoms with E-state index < -0.39 is 0 Å². The molecule has 2 fully saturated rings. The molecule has 3 nitrogen and oxygen atoms in total. The molecule has 2 atom stereocenters. The Kier molecular flexibility index (Phi) is 6.61. The standard InChI is InChI=1S/C13H26N2O.C2H6/c1-4-16-11-13-6-5-7-15(13)10-12(8-13)9-14(2)3;1-2/h12H,4-11H2,1-3H3;1-2H3/t12?,13-;/m0./s1. The van der Waals surface area contributed by atoms with Gasteiger partial charge in [0.1, 0.15) is 0 Å². The highest BCUT2D eigenvalue weighted by atomic mass is 16.5. The summed E-state index contributed by atoms with van der Waals surface area (Å²) < 4.78 is 5.72. The van der Waals surface area contributed by atoms with Crippen LogP contribution in [0, 0.1) is 5.92 Å². The van der Waals surface area contributed by atoms with E-state index in [9.17, 15) is 0 Å². The van der Waals surface area contributed by atoms with E-state index >= 15 is 0 Å². The number of rotatable bonds is 5. The number of fused-ring (bicyclic) bond motifs is 1. The van der Waals surface area contributed by atoms with E-state index in [-0.39, 0.29) is 0 Å². The summed E-state index contributed by atoms with van der Waals surface area (Å²) in [5, 5.41) is 0. The Morgan fingerprint density at radius 3 is 2.67 bits per heavy atom. The number of ether oxygens (including phenoxy) is 1. The van der Waals surface area contributed by atoms with Gasteiger partial charge in [0.15, 0.2) is 0 Å². The quantitative estimate of drug-likeness (QED) is 0.751.